The van der Waals surface area contributed by atoms with Crippen LogP contribution in [0.25, 0.3) is 11.3 Å². The van der Waals surface area contributed by atoms with Gasteiger partial charge in [-0.15, -0.1) is 0 Å². The smallest absolute Gasteiger partial charge is 0.277 e. The number of aryl methyl sites for hydroxylation is 2. The van der Waals surface area contributed by atoms with Gasteiger partial charge in [0.2, 0.25) is 0 Å². The van der Waals surface area contributed by atoms with Crippen molar-refractivity contribution in [3.8, 4) is 11.3 Å². The van der Waals surface area contributed by atoms with Gasteiger partial charge < -0.3 is 5.73 Å². The molecule has 0 fully saturated rings. The molecule has 1 heterocycles. The van der Waals surface area contributed by atoms with Crippen LogP contribution in [0.1, 0.15) is 18.1 Å². The van der Waals surface area contributed by atoms with E-state index in [1.807, 2.05) is 38.1 Å². The summed E-state index contributed by atoms with van der Waals surface area (Å²) in [5, 5.41) is 11.8. The van der Waals surface area contributed by atoms with Crippen LogP contribution in [0.4, 0.5) is 0 Å². The van der Waals surface area contributed by atoms with E-state index in [0.717, 1.165) is 11.1 Å². The maximum Gasteiger partial charge on any atom is 0.277 e. The van der Waals surface area contributed by atoms with E-state index in [2.05, 4.69) is 5.10 Å². The van der Waals surface area contributed by atoms with Crippen molar-refractivity contribution >= 4 is 5.84 Å². The van der Waals surface area contributed by atoms with Crippen molar-refractivity contribution in [2.45, 2.75) is 20.4 Å². The van der Waals surface area contributed by atoms with Crippen molar-refractivity contribution in [3.05, 3.63) is 51.8 Å². The summed E-state index contributed by atoms with van der Waals surface area (Å²) >= 11 is 0. The first-order valence-electron chi connectivity index (χ1n) is 6.06. The van der Waals surface area contributed by atoms with Gasteiger partial charge in [-0.2, -0.15) is 5.10 Å². The molecule has 5 heteroatoms. The van der Waals surface area contributed by atoms with Crippen molar-refractivity contribution in [1.82, 2.24) is 9.78 Å². The average molecular weight is 256 g/mol. The Hall–Kier alpha value is -2.43. The van der Waals surface area contributed by atoms with Gasteiger partial charge in [0, 0.05) is 12.1 Å². The van der Waals surface area contributed by atoms with Crippen LogP contribution in [0.15, 0.2) is 35.1 Å². The molecule has 0 bridgehead atoms. The lowest BCUT2D eigenvalue weighted by atomic mass is 10.1. The fraction of sp³-hybridized carbons (Fsp3) is 0.214. The van der Waals surface area contributed by atoms with Crippen molar-refractivity contribution in [1.29, 1.82) is 5.41 Å². The lowest BCUT2D eigenvalue weighted by molar-refractivity contribution is 0.617. The molecule has 0 unspecified atom stereocenters. The predicted molar refractivity (Wildman–Crippen MR) is 75.4 cm³/mol. The summed E-state index contributed by atoms with van der Waals surface area (Å²) in [6, 6.07) is 9.40. The summed E-state index contributed by atoms with van der Waals surface area (Å²) in [5.41, 5.74) is 8.01. The minimum Gasteiger partial charge on any atom is -0.384 e. The van der Waals surface area contributed by atoms with Gasteiger partial charge in [0.15, 0.2) is 0 Å². The molecular weight excluding hydrogens is 240 g/mol. The van der Waals surface area contributed by atoms with Crippen molar-refractivity contribution in [2.75, 3.05) is 0 Å². The molecule has 0 saturated carbocycles. The molecule has 98 valence electrons. The molecule has 0 atom stereocenters. The SMILES string of the molecule is CCn1nc(-c2ccc(C)cc2)cc(C(=N)N)c1=O. The second-order valence-corrected chi connectivity index (χ2v) is 4.34. The molecule has 0 aliphatic rings. The van der Waals surface area contributed by atoms with Crippen LogP contribution in [0.5, 0.6) is 0 Å². The monoisotopic (exact) mass is 256 g/mol. The number of hydrogen-bond acceptors (Lipinski definition) is 3. The normalized spacial score (nSPS) is 10.4. The number of hydrogen-bond donors (Lipinski definition) is 2. The Morgan fingerprint density at radius 1 is 1.37 bits per heavy atom. The molecule has 0 radical (unpaired) electrons. The van der Waals surface area contributed by atoms with Gasteiger partial charge in [-0.1, -0.05) is 29.8 Å². The van der Waals surface area contributed by atoms with Gasteiger partial charge in [0.25, 0.3) is 5.56 Å². The Morgan fingerprint density at radius 3 is 2.53 bits per heavy atom. The standard InChI is InChI=1S/C14H16N4O/c1-3-18-14(19)11(13(15)16)8-12(17-18)10-6-4-9(2)5-7-10/h4-8H,3H2,1-2H3,(H3,15,16). The number of rotatable bonds is 3. The van der Waals surface area contributed by atoms with E-state index in [4.69, 9.17) is 11.1 Å². The molecule has 0 amide bonds. The molecular formula is C14H16N4O. The largest absolute Gasteiger partial charge is 0.384 e. The van der Waals surface area contributed by atoms with Crippen LogP contribution < -0.4 is 11.3 Å². The summed E-state index contributed by atoms with van der Waals surface area (Å²) in [6.45, 7) is 4.28. The molecule has 2 rings (SSSR count). The predicted octanol–water partition coefficient (Wildman–Crippen LogP) is 1.52. The Morgan fingerprint density at radius 2 is 2.00 bits per heavy atom. The fourth-order valence-electron chi connectivity index (χ4n) is 1.81. The van der Waals surface area contributed by atoms with Crippen molar-refractivity contribution < 1.29 is 0 Å². The minimum atomic E-state index is -0.328. The molecule has 0 spiro atoms. The molecule has 0 aliphatic heterocycles. The zero-order valence-corrected chi connectivity index (χ0v) is 11.0. The lowest BCUT2D eigenvalue weighted by Crippen LogP contribution is -2.31. The first-order valence-corrected chi connectivity index (χ1v) is 6.06. The number of aromatic nitrogens is 2. The van der Waals surface area contributed by atoms with Gasteiger partial charge in [0.05, 0.1) is 11.3 Å². The van der Waals surface area contributed by atoms with Gasteiger partial charge in [-0.05, 0) is 19.9 Å². The lowest BCUT2D eigenvalue weighted by Gasteiger charge is -2.08. The molecule has 0 aliphatic carbocycles. The molecule has 19 heavy (non-hydrogen) atoms. The highest BCUT2D eigenvalue weighted by Gasteiger charge is 2.11. The van der Waals surface area contributed by atoms with E-state index in [1.165, 1.54) is 4.68 Å². The van der Waals surface area contributed by atoms with Gasteiger partial charge >= 0.3 is 0 Å². The summed E-state index contributed by atoms with van der Waals surface area (Å²) in [5.74, 6) is -0.233. The average Bonchev–Trinajstić information content (AvgIpc) is 2.39. The molecule has 2 aromatic rings. The highest BCUT2D eigenvalue weighted by Crippen LogP contribution is 2.17. The number of nitrogens with two attached hydrogens (primary N) is 1. The quantitative estimate of drug-likeness (QED) is 0.645. The maximum atomic E-state index is 12.0. The number of benzene rings is 1. The summed E-state index contributed by atoms with van der Waals surface area (Å²) in [7, 11) is 0. The Balaban J connectivity index is 2.64. The highest BCUT2D eigenvalue weighted by atomic mass is 16.1. The maximum absolute atomic E-state index is 12.0. The highest BCUT2D eigenvalue weighted by molar-refractivity contribution is 5.95. The molecule has 1 aromatic heterocycles. The molecule has 1 aromatic carbocycles. The molecule has 0 saturated heterocycles. The summed E-state index contributed by atoms with van der Waals surface area (Å²) < 4.78 is 1.33. The topological polar surface area (TPSA) is 84.8 Å². The van der Waals surface area contributed by atoms with E-state index in [1.54, 1.807) is 6.07 Å². The Kier molecular flexibility index (Phi) is 3.46. The Labute approximate surface area is 111 Å². The second-order valence-electron chi connectivity index (χ2n) is 4.34. The third kappa shape index (κ3) is 2.54. The van der Waals surface area contributed by atoms with Crippen molar-refractivity contribution in [3.63, 3.8) is 0 Å². The van der Waals surface area contributed by atoms with Crippen LogP contribution in [0.2, 0.25) is 0 Å². The van der Waals surface area contributed by atoms with Crippen LogP contribution in [-0.4, -0.2) is 15.6 Å². The molecule has 3 N–H and O–H groups in total. The van der Waals surface area contributed by atoms with Gasteiger partial charge in [-0.25, -0.2) is 4.68 Å². The number of nitrogens with zero attached hydrogens (tertiary/aromatic N) is 2. The first kappa shape index (κ1) is 13.0. The third-order valence-electron chi connectivity index (χ3n) is 2.91. The van der Waals surface area contributed by atoms with Crippen LogP contribution >= 0.6 is 0 Å². The number of amidine groups is 1. The van der Waals surface area contributed by atoms with Gasteiger partial charge in [-0.3, -0.25) is 10.2 Å². The number of nitrogen functional groups attached to an aromatic ring is 1. The third-order valence-corrected chi connectivity index (χ3v) is 2.91. The van der Waals surface area contributed by atoms with Crippen LogP contribution in [0.3, 0.4) is 0 Å². The minimum absolute atomic E-state index is 0.187. The van der Waals surface area contributed by atoms with Crippen LogP contribution in [0, 0.1) is 12.3 Å². The number of nitrogens with one attached hydrogen (secondary N) is 1. The zero-order chi connectivity index (χ0) is 14.0. The van der Waals surface area contributed by atoms with E-state index in [-0.39, 0.29) is 17.0 Å². The van der Waals surface area contributed by atoms with E-state index < -0.39 is 0 Å². The van der Waals surface area contributed by atoms with Gasteiger partial charge in [0.1, 0.15) is 5.84 Å². The van der Waals surface area contributed by atoms with E-state index >= 15 is 0 Å². The van der Waals surface area contributed by atoms with Crippen molar-refractivity contribution in [2.24, 2.45) is 5.73 Å². The summed E-state index contributed by atoms with van der Waals surface area (Å²) in [6.07, 6.45) is 0. The first-order chi connectivity index (χ1) is 9.02. The Bertz CT molecular complexity index is 671. The molecule has 5 nitrogen and oxygen atoms in total. The zero-order valence-electron chi connectivity index (χ0n) is 11.0. The van der Waals surface area contributed by atoms with E-state index in [9.17, 15) is 4.79 Å². The fourth-order valence-corrected chi connectivity index (χ4v) is 1.81. The second kappa shape index (κ2) is 5.06. The van der Waals surface area contributed by atoms with Crippen LogP contribution in [-0.2, 0) is 6.54 Å². The summed E-state index contributed by atoms with van der Waals surface area (Å²) in [4.78, 5) is 12.0. The van der Waals surface area contributed by atoms with E-state index in [0.29, 0.717) is 12.2 Å².